The van der Waals surface area contributed by atoms with Gasteiger partial charge in [0.1, 0.15) is 16.9 Å². The van der Waals surface area contributed by atoms with Gasteiger partial charge in [-0.05, 0) is 76.2 Å². The van der Waals surface area contributed by atoms with Gasteiger partial charge in [-0.3, -0.25) is 14.4 Å². The van der Waals surface area contributed by atoms with Crippen LogP contribution < -0.4 is 5.43 Å². The first-order chi connectivity index (χ1) is 16.7. The number of fused-ring (bicyclic) bond motifs is 2. The number of aryl methyl sites for hydroxylation is 2. The van der Waals surface area contributed by atoms with E-state index in [0.29, 0.717) is 32.6 Å². The Morgan fingerprint density at radius 3 is 2.14 bits per heavy atom. The molecular weight excluding hydrogens is 462 g/mol. The average Bonchev–Trinajstić information content (AvgIpc) is 3.10. The van der Waals surface area contributed by atoms with Gasteiger partial charge in [-0.2, -0.15) is 0 Å². The number of ketones is 2. The summed E-state index contributed by atoms with van der Waals surface area (Å²) in [5.41, 5.74) is 4.28. The Morgan fingerprint density at radius 1 is 0.857 bits per heavy atom. The summed E-state index contributed by atoms with van der Waals surface area (Å²) >= 11 is 5.95. The van der Waals surface area contributed by atoms with Crippen LogP contribution in [0.1, 0.15) is 50.2 Å². The van der Waals surface area contributed by atoms with Crippen LogP contribution in [0.2, 0.25) is 5.02 Å². The zero-order valence-corrected chi connectivity index (χ0v) is 20.5. The van der Waals surface area contributed by atoms with E-state index in [1.807, 2.05) is 42.7 Å². The van der Waals surface area contributed by atoms with Crippen LogP contribution in [-0.4, -0.2) is 16.1 Å². The van der Waals surface area contributed by atoms with Gasteiger partial charge in [0, 0.05) is 32.9 Å². The molecular formula is C29H22ClNO4. The Hall–Kier alpha value is -3.96. The molecule has 0 aliphatic heterocycles. The Bertz CT molecular complexity index is 1720. The van der Waals surface area contributed by atoms with Gasteiger partial charge in [0.2, 0.25) is 5.43 Å². The van der Waals surface area contributed by atoms with Crippen LogP contribution in [-0.2, 0) is 0 Å². The summed E-state index contributed by atoms with van der Waals surface area (Å²) in [6, 6.07) is 17.8. The Kier molecular flexibility index (Phi) is 5.45. The molecule has 0 unspecified atom stereocenters. The number of carbonyl (C=O) groups is 2. The highest BCUT2D eigenvalue weighted by Crippen LogP contribution is 2.33. The van der Waals surface area contributed by atoms with Crippen molar-refractivity contribution in [3.8, 4) is 5.69 Å². The molecule has 5 rings (SSSR count). The van der Waals surface area contributed by atoms with Crippen LogP contribution in [0, 0.1) is 20.8 Å². The number of carbonyl (C=O) groups excluding carboxylic acids is 2. The molecule has 0 spiro atoms. The molecule has 0 saturated carbocycles. The normalized spacial score (nSPS) is 11.3. The maximum absolute atomic E-state index is 13.6. The third-order valence-corrected chi connectivity index (χ3v) is 6.62. The van der Waals surface area contributed by atoms with Crippen molar-refractivity contribution in [2.75, 3.05) is 0 Å². The Morgan fingerprint density at radius 2 is 1.51 bits per heavy atom. The van der Waals surface area contributed by atoms with E-state index in [1.54, 1.807) is 43.3 Å². The van der Waals surface area contributed by atoms with Gasteiger partial charge in [-0.15, -0.1) is 0 Å². The van der Waals surface area contributed by atoms with Crippen LogP contribution in [0.3, 0.4) is 0 Å². The van der Waals surface area contributed by atoms with Crippen molar-refractivity contribution in [3.05, 3.63) is 110 Å². The van der Waals surface area contributed by atoms with E-state index in [-0.39, 0.29) is 22.5 Å². The second-order valence-corrected chi connectivity index (χ2v) is 9.19. The second-order valence-electron chi connectivity index (χ2n) is 8.75. The van der Waals surface area contributed by atoms with Gasteiger partial charge in [0.15, 0.2) is 11.6 Å². The minimum absolute atomic E-state index is 0.0175. The number of Topliss-reactive ketones (excluding diaryl/α,β-unsaturated/α-hetero) is 1. The number of hydrogen-bond acceptors (Lipinski definition) is 4. The summed E-state index contributed by atoms with van der Waals surface area (Å²) in [6.45, 7) is 7.02. The molecule has 0 atom stereocenters. The summed E-state index contributed by atoms with van der Waals surface area (Å²) in [5.74, 6) is -0.281. The predicted octanol–water partition coefficient (Wildman–Crippen LogP) is 6.75. The van der Waals surface area contributed by atoms with Crippen LogP contribution >= 0.6 is 11.6 Å². The van der Waals surface area contributed by atoms with E-state index in [4.69, 9.17) is 16.0 Å². The van der Waals surface area contributed by atoms with Crippen molar-refractivity contribution in [2.24, 2.45) is 0 Å². The molecule has 0 fully saturated rings. The SMILES string of the molecule is CC(=O)c1c(C)n(-c2ccc(C)cc2)c2cc3c(=O)c(C(=O)c4ccc(Cl)cc4)c(C)oc3cc12. The fourth-order valence-corrected chi connectivity index (χ4v) is 4.82. The van der Waals surface area contributed by atoms with E-state index in [9.17, 15) is 14.4 Å². The summed E-state index contributed by atoms with van der Waals surface area (Å²) in [7, 11) is 0. The highest BCUT2D eigenvalue weighted by Gasteiger charge is 2.24. The summed E-state index contributed by atoms with van der Waals surface area (Å²) in [6.07, 6.45) is 0. The van der Waals surface area contributed by atoms with Crippen molar-refractivity contribution >= 4 is 45.0 Å². The molecule has 35 heavy (non-hydrogen) atoms. The molecule has 2 aromatic heterocycles. The lowest BCUT2D eigenvalue weighted by Crippen LogP contribution is -2.18. The zero-order valence-electron chi connectivity index (χ0n) is 19.7. The molecule has 0 radical (unpaired) electrons. The van der Waals surface area contributed by atoms with Crippen LogP contribution in [0.25, 0.3) is 27.6 Å². The molecule has 0 N–H and O–H groups in total. The quantitative estimate of drug-likeness (QED) is 0.265. The third kappa shape index (κ3) is 3.69. The smallest absolute Gasteiger partial charge is 0.204 e. The zero-order chi connectivity index (χ0) is 25.0. The lowest BCUT2D eigenvalue weighted by atomic mass is 10.00. The van der Waals surface area contributed by atoms with Crippen molar-refractivity contribution in [2.45, 2.75) is 27.7 Å². The first-order valence-corrected chi connectivity index (χ1v) is 11.6. The molecule has 0 amide bonds. The molecule has 6 heteroatoms. The van der Waals surface area contributed by atoms with Gasteiger partial charge in [-0.1, -0.05) is 29.3 Å². The first-order valence-electron chi connectivity index (χ1n) is 11.2. The lowest BCUT2D eigenvalue weighted by Gasteiger charge is -2.10. The number of hydrogen-bond donors (Lipinski definition) is 0. The van der Waals surface area contributed by atoms with Crippen LogP contribution in [0.5, 0.6) is 0 Å². The van der Waals surface area contributed by atoms with Crippen LogP contribution in [0.4, 0.5) is 0 Å². The maximum Gasteiger partial charge on any atom is 0.204 e. The number of benzene rings is 3. The second kappa shape index (κ2) is 8.36. The largest absolute Gasteiger partial charge is 0.460 e. The fraction of sp³-hybridized carbons (Fsp3) is 0.138. The molecule has 0 aliphatic carbocycles. The standard InChI is InChI=1S/C29H22ClNO4/c1-15-5-11-21(12-6-15)31-16(2)26(17(3)32)22-14-25-23(13-24(22)31)29(34)27(18(4)35-25)28(33)19-7-9-20(30)10-8-19/h5-14H,1-4H3. The van der Waals surface area contributed by atoms with E-state index >= 15 is 0 Å². The molecule has 0 saturated heterocycles. The molecule has 2 heterocycles. The summed E-state index contributed by atoms with van der Waals surface area (Å²) in [4.78, 5) is 39.4. The number of nitrogens with zero attached hydrogens (tertiary/aromatic N) is 1. The van der Waals surface area contributed by atoms with Gasteiger partial charge < -0.3 is 8.98 Å². The maximum atomic E-state index is 13.6. The summed E-state index contributed by atoms with van der Waals surface area (Å²) in [5, 5.41) is 1.48. The fourth-order valence-electron chi connectivity index (χ4n) is 4.69. The van der Waals surface area contributed by atoms with Gasteiger partial charge in [-0.25, -0.2) is 0 Å². The molecule has 5 nitrogen and oxygen atoms in total. The van der Waals surface area contributed by atoms with Crippen molar-refractivity contribution in [3.63, 3.8) is 0 Å². The predicted molar refractivity (Wildman–Crippen MR) is 138 cm³/mol. The highest BCUT2D eigenvalue weighted by molar-refractivity contribution is 6.30. The number of halogens is 1. The van der Waals surface area contributed by atoms with E-state index in [1.165, 1.54) is 6.92 Å². The first kappa shape index (κ1) is 22.8. The van der Waals surface area contributed by atoms with Crippen LogP contribution in [0.15, 0.2) is 69.9 Å². The number of rotatable bonds is 4. The van der Waals surface area contributed by atoms with E-state index < -0.39 is 11.2 Å². The third-order valence-electron chi connectivity index (χ3n) is 6.37. The lowest BCUT2D eigenvalue weighted by molar-refractivity contribution is 0.101. The molecule has 0 bridgehead atoms. The molecule has 0 aliphatic rings. The summed E-state index contributed by atoms with van der Waals surface area (Å²) < 4.78 is 7.95. The molecule has 3 aromatic carbocycles. The highest BCUT2D eigenvalue weighted by atomic mass is 35.5. The minimum atomic E-state index is -0.426. The van der Waals surface area contributed by atoms with Gasteiger partial charge >= 0.3 is 0 Å². The van der Waals surface area contributed by atoms with Gasteiger partial charge in [0.25, 0.3) is 0 Å². The van der Waals surface area contributed by atoms with E-state index in [2.05, 4.69) is 0 Å². The van der Waals surface area contributed by atoms with Crippen molar-refractivity contribution in [1.82, 2.24) is 4.57 Å². The van der Waals surface area contributed by atoms with Crippen molar-refractivity contribution < 1.29 is 14.0 Å². The monoisotopic (exact) mass is 483 g/mol. The van der Waals surface area contributed by atoms with E-state index in [0.717, 1.165) is 16.9 Å². The average molecular weight is 484 g/mol. The Balaban J connectivity index is 1.83. The molecule has 5 aromatic rings. The number of aromatic nitrogens is 1. The molecule has 174 valence electrons. The topological polar surface area (TPSA) is 69.3 Å². The minimum Gasteiger partial charge on any atom is -0.460 e. The van der Waals surface area contributed by atoms with Crippen molar-refractivity contribution in [1.29, 1.82) is 0 Å². The van der Waals surface area contributed by atoms with Gasteiger partial charge in [0.05, 0.1) is 10.9 Å². The Labute approximate surface area is 206 Å².